The fourth-order valence-corrected chi connectivity index (χ4v) is 0.812. The summed E-state index contributed by atoms with van der Waals surface area (Å²) in [6.07, 6.45) is 1.02. The molecule has 1 rings (SSSR count). The molecule has 6 nitrogen and oxygen atoms in total. The molecule has 1 heterocycles. The van der Waals surface area contributed by atoms with Crippen molar-refractivity contribution in [3.05, 3.63) is 22.5 Å². The third-order valence-corrected chi connectivity index (χ3v) is 1.41. The van der Waals surface area contributed by atoms with Gasteiger partial charge < -0.3 is 5.11 Å². The van der Waals surface area contributed by atoms with Crippen LogP contribution in [0, 0.1) is 10.1 Å². The molecule has 7 heteroatoms. The lowest BCUT2D eigenvalue weighted by molar-refractivity contribution is -0.385. The minimum absolute atomic E-state index is 0.0790. The number of aliphatic hydroxyl groups is 1. The molecule has 1 atom stereocenters. The van der Waals surface area contributed by atoms with Crippen LogP contribution in [0.1, 0.15) is 0 Å². The molecule has 0 bridgehead atoms. The topological polar surface area (TPSA) is 81.2 Å². The van der Waals surface area contributed by atoms with Crippen LogP contribution in [-0.2, 0) is 6.54 Å². The highest BCUT2D eigenvalue weighted by Gasteiger charge is 2.11. The second-order valence-corrected chi connectivity index (χ2v) is 2.49. The summed E-state index contributed by atoms with van der Waals surface area (Å²) in [5, 5.41) is 22.6. The van der Waals surface area contributed by atoms with E-state index in [9.17, 15) is 14.5 Å². The largest absolute Gasteiger partial charge is 0.388 e. The number of hydrogen-bond donors (Lipinski definition) is 1. The van der Waals surface area contributed by atoms with Gasteiger partial charge in [0.15, 0.2) is 0 Å². The summed E-state index contributed by atoms with van der Waals surface area (Å²) in [5.41, 5.74) is -0.175. The first-order valence-electron chi connectivity index (χ1n) is 3.54. The summed E-state index contributed by atoms with van der Waals surface area (Å²) in [5.74, 6) is 0. The van der Waals surface area contributed by atoms with Gasteiger partial charge in [-0.2, -0.15) is 5.10 Å². The van der Waals surface area contributed by atoms with Crippen LogP contribution in [0.25, 0.3) is 0 Å². The monoisotopic (exact) mass is 189 g/mol. The first-order chi connectivity index (χ1) is 6.13. The van der Waals surface area contributed by atoms with E-state index in [-0.39, 0.29) is 12.2 Å². The minimum atomic E-state index is -1.17. The highest BCUT2D eigenvalue weighted by Crippen LogP contribution is 2.07. The molecule has 1 aromatic rings. The molecule has 0 amide bonds. The van der Waals surface area contributed by atoms with Crippen molar-refractivity contribution in [2.45, 2.75) is 12.6 Å². The smallest absolute Gasteiger partial charge is 0.306 e. The van der Waals surface area contributed by atoms with Crippen molar-refractivity contribution < 1.29 is 14.4 Å². The molecule has 0 spiro atoms. The Kier molecular flexibility index (Phi) is 2.91. The summed E-state index contributed by atoms with van der Waals surface area (Å²) in [4.78, 5) is 9.58. The van der Waals surface area contributed by atoms with Crippen LogP contribution < -0.4 is 0 Å². The van der Waals surface area contributed by atoms with E-state index in [2.05, 4.69) is 5.10 Å². The predicted molar refractivity (Wildman–Crippen MR) is 40.9 cm³/mol. The highest BCUT2D eigenvalue weighted by molar-refractivity contribution is 5.20. The van der Waals surface area contributed by atoms with Gasteiger partial charge in [-0.1, -0.05) is 0 Å². The average Bonchev–Trinajstić information content (AvgIpc) is 2.52. The van der Waals surface area contributed by atoms with Crippen LogP contribution in [-0.4, -0.2) is 32.6 Å². The lowest BCUT2D eigenvalue weighted by Gasteiger charge is -2.03. The molecule has 1 unspecified atom stereocenters. The fraction of sp³-hybridized carbons (Fsp3) is 0.500. The molecular weight excluding hydrogens is 181 g/mol. The molecule has 0 fully saturated rings. The Morgan fingerprint density at radius 2 is 2.54 bits per heavy atom. The molecule has 0 radical (unpaired) electrons. The van der Waals surface area contributed by atoms with Gasteiger partial charge in [-0.15, -0.1) is 0 Å². The van der Waals surface area contributed by atoms with Crippen LogP contribution in [0.2, 0.25) is 0 Å². The molecule has 13 heavy (non-hydrogen) atoms. The lowest BCUT2D eigenvalue weighted by Crippen LogP contribution is -2.17. The Bertz CT molecular complexity index is 301. The SMILES string of the molecule is O=[N+]([O-])c1cnn(CC(O)CF)c1. The van der Waals surface area contributed by atoms with Gasteiger partial charge in [0.25, 0.3) is 0 Å². The second kappa shape index (κ2) is 3.94. The molecule has 0 aliphatic heterocycles. The van der Waals surface area contributed by atoms with Gasteiger partial charge in [0.2, 0.25) is 0 Å². The van der Waals surface area contributed by atoms with E-state index in [1.54, 1.807) is 0 Å². The Hall–Kier alpha value is -1.50. The van der Waals surface area contributed by atoms with Crippen molar-refractivity contribution in [2.24, 2.45) is 0 Å². The van der Waals surface area contributed by atoms with E-state index in [1.165, 1.54) is 0 Å². The first kappa shape index (κ1) is 9.59. The van der Waals surface area contributed by atoms with Crippen LogP contribution in [0.15, 0.2) is 12.4 Å². The molecule has 0 saturated heterocycles. The molecule has 0 saturated carbocycles. The van der Waals surface area contributed by atoms with Gasteiger partial charge in [0, 0.05) is 0 Å². The quantitative estimate of drug-likeness (QED) is 0.538. The maximum Gasteiger partial charge on any atom is 0.306 e. The molecule has 0 aliphatic rings. The summed E-state index contributed by atoms with van der Waals surface area (Å²) < 4.78 is 12.9. The summed E-state index contributed by atoms with van der Waals surface area (Å²) in [6, 6.07) is 0. The zero-order valence-electron chi connectivity index (χ0n) is 6.63. The Balaban J connectivity index is 2.64. The van der Waals surface area contributed by atoms with Crippen molar-refractivity contribution in [3.8, 4) is 0 Å². The third kappa shape index (κ3) is 2.48. The van der Waals surface area contributed by atoms with E-state index in [0.29, 0.717) is 0 Å². The lowest BCUT2D eigenvalue weighted by atomic mass is 10.4. The predicted octanol–water partition coefficient (Wildman–Crippen LogP) is 0.122. The zero-order valence-corrected chi connectivity index (χ0v) is 6.63. The maximum absolute atomic E-state index is 11.8. The molecule has 1 N–H and O–H groups in total. The zero-order chi connectivity index (χ0) is 9.84. The van der Waals surface area contributed by atoms with Gasteiger partial charge in [-0.25, -0.2) is 4.39 Å². The van der Waals surface area contributed by atoms with Crippen LogP contribution >= 0.6 is 0 Å². The van der Waals surface area contributed by atoms with E-state index >= 15 is 0 Å². The van der Waals surface area contributed by atoms with Crippen molar-refractivity contribution in [1.29, 1.82) is 0 Å². The molecule has 0 aliphatic carbocycles. The molecular formula is C6H8FN3O3. The first-order valence-corrected chi connectivity index (χ1v) is 3.54. The average molecular weight is 189 g/mol. The number of alkyl halides is 1. The number of aliphatic hydroxyl groups excluding tert-OH is 1. The normalized spacial score (nSPS) is 12.8. The Labute approximate surface area is 72.7 Å². The van der Waals surface area contributed by atoms with E-state index in [0.717, 1.165) is 17.1 Å². The third-order valence-electron chi connectivity index (χ3n) is 1.41. The number of hydrogen-bond acceptors (Lipinski definition) is 4. The molecule has 1 aromatic heterocycles. The summed E-state index contributed by atoms with van der Waals surface area (Å²) >= 11 is 0. The summed E-state index contributed by atoms with van der Waals surface area (Å²) in [7, 11) is 0. The number of nitrogens with zero attached hydrogens (tertiary/aromatic N) is 3. The van der Waals surface area contributed by atoms with Crippen LogP contribution in [0.5, 0.6) is 0 Å². The van der Waals surface area contributed by atoms with Gasteiger partial charge in [0.05, 0.1) is 11.5 Å². The maximum atomic E-state index is 11.8. The number of rotatable bonds is 4. The van der Waals surface area contributed by atoms with Gasteiger partial charge in [-0.05, 0) is 0 Å². The van der Waals surface area contributed by atoms with E-state index in [1.807, 2.05) is 0 Å². The van der Waals surface area contributed by atoms with Crippen molar-refractivity contribution in [2.75, 3.05) is 6.67 Å². The minimum Gasteiger partial charge on any atom is -0.388 e. The van der Waals surface area contributed by atoms with Gasteiger partial charge in [0.1, 0.15) is 25.2 Å². The number of halogens is 1. The van der Waals surface area contributed by atoms with Crippen molar-refractivity contribution in [3.63, 3.8) is 0 Å². The van der Waals surface area contributed by atoms with Gasteiger partial charge in [-0.3, -0.25) is 14.8 Å². The highest BCUT2D eigenvalue weighted by atomic mass is 19.1. The molecule has 72 valence electrons. The van der Waals surface area contributed by atoms with Crippen molar-refractivity contribution >= 4 is 5.69 Å². The van der Waals surface area contributed by atoms with Crippen LogP contribution in [0.4, 0.5) is 10.1 Å². The van der Waals surface area contributed by atoms with Gasteiger partial charge >= 0.3 is 5.69 Å². The second-order valence-electron chi connectivity index (χ2n) is 2.49. The van der Waals surface area contributed by atoms with Crippen molar-refractivity contribution in [1.82, 2.24) is 9.78 Å². The standard InChI is InChI=1S/C6H8FN3O3/c7-1-6(11)4-9-3-5(2-8-9)10(12)13/h2-3,6,11H,1,4H2. The Morgan fingerprint density at radius 3 is 3.00 bits per heavy atom. The van der Waals surface area contributed by atoms with E-state index in [4.69, 9.17) is 5.11 Å². The van der Waals surface area contributed by atoms with E-state index < -0.39 is 17.7 Å². The Morgan fingerprint density at radius 1 is 1.85 bits per heavy atom. The number of nitro groups is 1. The number of aromatic nitrogens is 2. The summed E-state index contributed by atoms with van der Waals surface area (Å²) in [6.45, 7) is -0.974. The molecule has 0 aromatic carbocycles. The fourth-order valence-electron chi connectivity index (χ4n) is 0.812. The van der Waals surface area contributed by atoms with Crippen LogP contribution in [0.3, 0.4) is 0 Å².